The summed E-state index contributed by atoms with van der Waals surface area (Å²) >= 11 is 1.63. The predicted molar refractivity (Wildman–Crippen MR) is 104 cm³/mol. The van der Waals surface area contributed by atoms with Crippen LogP contribution in [-0.2, 0) is 23.1 Å². The summed E-state index contributed by atoms with van der Waals surface area (Å²) in [4.78, 5) is 4.45. The smallest absolute Gasteiger partial charge is 0.213 e. The topological polar surface area (TPSA) is 82.6 Å². The van der Waals surface area contributed by atoms with Crippen molar-refractivity contribution >= 4 is 27.3 Å². The number of benzene rings is 1. The van der Waals surface area contributed by atoms with Crippen LogP contribution >= 0.6 is 11.3 Å². The summed E-state index contributed by atoms with van der Waals surface area (Å²) in [5.41, 5.74) is 2.07. The fourth-order valence-electron chi connectivity index (χ4n) is 2.06. The minimum absolute atomic E-state index is 0.0112. The molecule has 2 aromatic rings. The van der Waals surface area contributed by atoms with Gasteiger partial charge in [0.05, 0.1) is 12.3 Å². The predicted octanol–water partition coefficient (Wildman–Crippen LogP) is 1.92. The van der Waals surface area contributed by atoms with E-state index in [0.717, 1.165) is 11.1 Å². The third-order valence-electron chi connectivity index (χ3n) is 3.35. The van der Waals surface area contributed by atoms with Crippen molar-refractivity contribution in [3.05, 3.63) is 58.3 Å². The van der Waals surface area contributed by atoms with Gasteiger partial charge in [0.25, 0.3) is 0 Å². The van der Waals surface area contributed by atoms with E-state index in [0.29, 0.717) is 32.1 Å². The zero-order valence-corrected chi connectivity index (χ0v) is 15.9. The van der Waals surface area contributed by atoms with Crippen molar-refractivity contribution in [1.82, 2.24) is 15.4 Å². The van der Waals surface area contributed by atoms with E-state index >= 15 is 0 Å². The second-order valence-electron chi connectivity index (χ2n) is 5.38. The van der Waals surface area contributed by atoms with Crippen LogP contribution in [0, 0.1) is 0 Å². The maximum absolute atomic E-state index is 12.1. The van der Waals surface area contributed by atoms with Gasteiger partial charge in [-0.1, -0.05) is 30.3 Å². The molecule has 6 nitrogen and oxygen atoms in total. The van der Waals surface area contributed by atoms with E-state index < -0.39 is 10.0 Å². The first-order valence-electron chi connectivity index (χ1n) is 8.13. The van der Waals surface area contributed by atoms with Gasteiger partial charge >= 0.3 is 0 Å². The first kappa shape index (κ1) is 19.4. The van der Waals surface area contributed by atoms with Crippen LogP contribution in [-0.4, -0.2) is 33.2 Å². The minimum atomic E-state index is -3.34. The number of hydrogen-bond donors (Lipinski definition) is 3. The molecule has 1 heterocycles. The Labute approximate surface area is 153 Å². The van der Waals surface area contributed by atoms with Crippen molar-refractivity contribution in [3.63, 3.8) is 0 Å². The van der Waals surface area contributed by atoms with Gasteiger partial charge in [0.15, 0.2) is 5.96 Å². The molecule has 0 unspecified atom stereocenters. The van der Waals surface area contributed by atoms with E-state index in [1.54, 1.807) is 11.3 Å². The third kappa shape index (κ3) is 7.68. The molecule has 3 N–H and O–H groups in total. The number of thiophene rings is 1. The van der Waals surface area contributed by atoms with Crippen LogP contribution in [0.5, 0.6) is 0 Å². The van der Waals surface area contributed by atoms with Crippen LogP contribution in [0.4, 0.5) is 0 Å². The van der Waals surface area contributed by atoms with Crippen molar-refractivity contribution in [3.8, 4) is 0 Å². The normalized spacial score (nSPS) is 12.1. The fourth-order valence-corrected chi connectivity index (χ4v) is 3.62. The molecule has 25 heavy (non-hydrogen) atoms. The molecular formula is C17H24N4O2S2. The van der Waals surface area contributed by atoms with Crippen molar-refractivity contribution in [2.75, 3.05) is 18.8 Å². The van der Waals surface area contributed by atoms with Gasteiger partial charge in [-0.3, -0.25) is 0 Å². The van der Waals surface area contributed by atoms with E-state index in [1.807, 2.05) is 54.1 Å². The Hall–Kier alpha value is -1.90. The van der Waals surface area contributed by atoms with Crippen LogP contribution in [0.2, 0.25) is 0 Å². The van der Waals surface area contributed by atoms with E-state index in [2.05, 4.69) is 20.3 Å². The van der Waals surface area contributed by atoms with Gasteiger partial charge in [-0.25, -0.2) is 18.1 Å². The number of hydrogen-bond acceptors (Lipinski definition) is 4. The Balaban J connectivity index is 1.78. The largest absolute Gasteiger partial charge is 0.357 e. The van der Waals surface area contributed by atoms with Gasteiger partial charge in [0, 0.05) is 19.6 Å². The fraction of sp³-hybridized carbons (Fsp3) is 0.353. The van der Waals surface area contributed by atoms with Crippen LogP contribution in [0.3, 0.4) is 0 Å². The lowest BCUT2D eigenvalue weighted by Crippen LogP contribution is -2.41. The molecule has 1 aromatic heterocycles. The van der Waals surface area contributed by atoms with Gasteiger partial charge in [-0.05, 0) is 34.9 Å². The van der Waals surface area contributed by atoms with Gasteiger partial charge in [0.2, 0.25) is 10.0 Å². The summed E-state index contributed by atoms with van der Waals surface area (Å²) in [7, 11) is -3.34. The molecule has 0 spiro atoms. The monoisotopic (exact) mass is 380 g/mol. The Kier molecular flexibility index (Phi) is 7.90. The molecule has 0 aliphatic rings. The Morgan fingerprint density at radius 2 is 1.92 bits per heavy atom. The van der Waals surface area contributed by atoms with Gasteiger partial charge < -0.3 is 10.6 Å². The molecule has 2 rings (SSSR count). The van der Waals surface area contributed by atoms with Crippen molar-refractivity contribution in [1.29, 1.82) is 0 Å². The zero-order valence-electron chi connectivity index (χ0n) is 14.2. The van der Waals surface area contributed by atoms with Crippen LogP contribution < -0.4 is 15.4 Å². The second-order valence-corrected chi connectivity index (χ2v) is 8.09. The lowest BCUT2D eigenvalue weighted by molar-refractivity contribution is 0.580. The summed E-state index contributed by atoms with van der Waals surface area (Å²) in [5.74, 6) is 0.606. The number of rotatable bonds is 9. The number of guanidine groups is 1. The molecular weight excluding hydrogens is 356 g/mol. The Bertz CT molecular complexity index is 744. The first-order valence-corrected chi connectivity index (χ1v) is 10.7. The molecule has 136 valence electrons. The quantitative estimate of drug-likeness (QED) is 0.458. The van der Waals surface area contributed by atoms with Crippen molar-refractivity contribution < 1.29 is 8.42 Å². The number of sulfonamides is 1. The molecule has 0 aliphatic carbocycles. The third-order valence-corrected chi connectivity index (χ3v) is 5.40. The highest BCUT2D eigenvalue weighted by Crippen LogP contribution is 2.06. The summed E-state index contributed by atoms with van der Waals surface area (Å²) < 4.78 is 26.8. The summed E-state index contributed by atoms with van der Waals surface area (Å²) in [5, 5.41) is 10.2. The van der Waals surface area contributed by atoms with E-state index in [-0.39, 0.29) is 5.75 Å². The average molecular weight is 381 g/mol. The standard InChI is InChI=1S/C17H24N4O2S2/c1-2-18-17(20-12-16-8-10-24-14-16)19-9-11-25(22,23)21-13-15-6-4-3-5-7-15/h3-8,10,14,21H,2,9,11-13H2,1H3,(H2,18,19,20). The molecule has 0 aliphatic heterocycles. The Morgan fingerprint density at radius 1 is 1.12 bits per heavy atom. The highest BCUT2D eigenvalue weighted by atomic mass is 32.2. The number of nitrogens with one attached hydrogen (secondary N) is 3. The van der Waals surface area contributed by atoms with Crippen molar-refractivity contribution in [2.45, 2.75) is 20.0 Å². The number of aliphatic imine (C=N–C) groups is 1. The molecule has 0 amide bonds. The molecule has 0 radical (unpaired) electrons. The van der Waals surface area contributed by atoms with Crippen LogP contribution in [0.15, 0.2) is 52.2 Å². The van der Waals surface area contributed by atoms with E-state index in [1.165, 1.54) is 0 Å². The summed E-state index contributed by atoms with van der Waals surface area (Å²) in [6.45, 7) is 3.85. The van der Waals surface area contributed by atoms with Gasteiger partial charge in [-0.2, -0.15) is 11.3 Å². The second kappa shape index (κ2) is 10.2. The van der Waals surface area contributed by atoms with Gasteiger partial charge in [-0.15, -0.1) is 0 Å². The zero-order chi connectivity index (χ0) is 18.0. The molecule has 0 fully saturated rings. The average Bonchev–Trinajstić information content (AvgIpc) is 3.12. The Morgan fingerprint density at radius 3 is 2.60 bits per heavy atom. The minimum Gasteiger partial charge on any atom is -0.357 e. The summed E-state index contributed by atoms with van der Waals surface area (Å²) in [6, 6.07) is 11.5. The molecule has 1 aromatic carbocycles. The van der Waals surface area contributed by atoms with Crippen molar-refractivity contribution in [2.24, 2.45) is 4.99 Å². The molecule has 0 saturated heterocycles. The first-order chi connectivity index (χ1) is 12.1. The van der Waals surface area contributed by atoms with E-state index in [4.69, 9.17) is 0 Å². The van der Waals surface area contributed by atoms with Crippen LogP contribution in [0.25, 0.3) is 0 Å². The van der Waals surface area contributed by atoms with Gasteiger partial charge in [0.1, 0.15) is 0 Å². The van der Waals surface area contributed by atoms with Crippen LogP contribution in [0.1, 0.15) is 18.1 Å². The number of nitrogens with zero attached hydrogens (tertiary/aromatic N) is 1. The lowest BCUT2D eigenvalue weighted by Gasteiger charge is -2.12. The highest BCUT2D eigenvalue weighted by molar-refractivity contribution is 7.89. The molecule has 0 saturated carbocycles. The summed E-state index contributed by atoms with van der Waals surface area (Å²) in [6.07, 6.45) is 0. The highest BCUT2D eigenvalue weighted by Gasteiger charge is 2.10. The molecule has 8 heteroatoms. The SMILES string of the molecule is CCNC(=NCc1ccsc1)NCCS(=O)(=O)NCc1ccccc1. The lowest BCUT2D eigenvalue weighted by atomic mass is 10.2. The molecule has 0 bridgehead atoms. The maximum Gasteiger partial charge on any atom is 0.213 e. The molecule has 0 atom stereocenters. The maximum atomic E-state index is 12.1. The van der Waals surface area contributed by atoms with E-state index in [9.17, 15) is 8.42 Å².